The minimum atomic E-state index is -1.65. The molecule has 0 spiro atoms. The molecule has 3 nitrogen and oxygen atoms in total. The molecule has 0 N–H and O–H groups in total. The molecule has 17 heavy (non-hydrogen) atoms. The topological polar surface area (TPSA) is 29.5 Å². The Morgan fingerprint density at radius 1 is 1.29 bits per heavy atom. The summed E-state index contributed by atoms with van der Waals surface area (Å²) < 4.78 is 7.18. The van der Waals surface area contributed by atoms with E-state index in [1.165, 1.54) is 5.56 Å². The zero-order valence-electron chi connectivity index (χ0n) is 10.6. The van der Waals surface area contributed by atoms with Crippen molar-refractivity contribution in [2.45, 2.75) is 32.1 Å². The first kappa shape index (κ1) is 12.2. The van der Waals surface area contributed by atoms with Crippen molar-refractivity contribution >= 4 is 14.3 Å². The largest absolute Gasteiger partial charge is 0.448 e. The predicted molar refractivity (Wildman–Crippen MR) is 70.5 cm³/mol. The van der Waals surface area contributed by atoms with Gasteiger partial charge in [0.2, 0.25) is 0 Å². The molecular formula is C13H19NO2Si. The van der Waals surface area contributed by atoms with Crippen molar-refractivity contribution in [2.24, 2.45) is 0 Å². The van der Waals surface area contributed by atoms with Gasteiger partial charge in [0.05, 0.1) is 6.04 Å². The summed E-state index contributed by atoms with van der Waals surface area (Å²) in [5, 5.41) is 0. The number of rotatable bonds is 3. The monoisotopic (exact) mass is 249 g/mol. The Morgan fingerprint density at radius 3 is 2.53 bits per heavy atom. The van der Waals surface area contributed by atoms with Crippen LogP contribution in [0.15, 0.2) is 30.3 Å². The molecule has 0 bridgehead atoms. The van der Waals surface area contributed by atoms with E-state index >= 15 is 0 Å². The maximum absolute atomic E-state index is 11.8. The van der Waals surface area contributed by atoms with Crippen LogP contribution in [0.2, 0.25) is 19.6 Å². The van der Waals surface area contributed by atoms with Crippen molar-refractivity contribution in [3.05, 3.63) is 35.9 Å². The molecule has 0 unspecified atom stereocenters. The lowest BCUT2D eigenvalue weighted by atomic mass is 10.1. The maximum atomic E-state index is 11.8. The van der Waals surface area contributed by atoms with E-state index in [1.54, 1.807) is 0 Å². The van der Waals surface area contributed by atoms with E-state index < -0.39 is 8.24 Å². The van der Waals surface area contributed by atoms with Gasteiger partial charge in [-0.2, -0.15) is 0 Å². The normalized spacial score (nSPS) is 20.5. The SMILES string of the molecule is C[Si](C)(C)N1C(=O)OC[C@@H]1Cc1ccccc1. The Hall–Kier alpha value is -1.29. The van der Waals surface area contributed by atoms with Crippen molar-refractivity contribution in [3.8, 4) is 0 Å². The van der Waals surface area contributed by atoms with E-state index in [0.717, 1.165) is 6.42 Å². The van der Waals surface area contributed by atoms with Gasteiger partial charge in [0.25, 0.3) is 0 Å². The van der Waals surface area contributed by atoms with Gasteiger partial charge in [-0.05, 0) is 12.0 Å². The van der Waals surface area contributed by atoms with E-state index in [1.807, 2.05) is 22.8 Å². The van der Waals surface area contributed by atoms with Gasteiger partial charge in [0, 0.05) is 0 Å². The molecule has 1 saturated heterocycles. The average molecular weight is 249 g/mol. The number of hydrogen-bond acceptors (Lipinski definition) is 2. The van der Waals surface area contributed by atoms with E-state index in [9.17, 15) is 4.79 Å². The Bertz CT molecular complexity index is 400. The highest BCUT2D eigenvalue weighted by atomic mass is 28.3. The zero-order chi connectivity index (χ0) is 12.5. The highest BCUT2D eigenvalue weighted by Crippen LogP contribution is 2.23. The summed E-state index contributed by atoms with van der Waals surface area (Å²) in [4.78, 5) is 11.8. The van der Waals surface area contributed by atoms with Gasteiger partial charge in [-0.1, -0.05) is 50.0 Å². The minimum absolute atomic E-state index is 0.134. The summed E-state index contributed by atoms with van der Waals surface area (Å²) in [7, 11) is -1.65. The van der Waals surface area contributed by atoms with Crippen molar-refractivity contribution < 1.29 is 9.53 Å². The van der Waals surface area contributed by atoms with Gasteiger partial charge >= 0.3 is 6.09 Å². The number of carbonyl (C=O) groups excluding carboxylic acids is 1. The van der Waals surface area contributed by atoms with Crippen LogP contribution >= 0.6 is 0 Å². The van der Waals surface area contributed by atoms with Crippen LogP contribution in [0, 0.1) is 0 Å². The van der Waals surface area contributed by atoms with Crippen molar-refractivity contribution in [1.82, 2.24) is 4.57 Å². The molecule has 0 saturated carbocycles. The Labute approximate surface area is 103 Å². The molecule has 1 aromatic carbocycles. The minimum Gasteiger partial charge on any atom is -0.448 e. The van der Waals surface area contributed by atoms with E-state index in [4.69, 9.17) is 4.74 Å². The Kier molecular flexibility index (Phi) is 3.24. The van der Waals surface area contributed by atoms with Gasteiger partial charge in [-0.25, -0.2) is 4.79 Å². The smallest absolute Gasteiger partial charge is 0.402 e. The van der Waals surface area contributed by atoms with Crippen LogP contribution in [-0.2, 0) is 11.2 Å². The number of nitrogens with zero attached hydrogens (tertiary/aromatic N) is 1. The zero-order valence-corrected chi connectivity index (χ0v) is 11.6. The molecule has 1 heterocycles. The number of cyclic esters (lactones) is 1. The molecule has 4 heteroatoms. The van der Waals surface area contributed by atoms with E-state index in [0.29, 0.717) is 6.61 Å². The maximum Gasteiger partial charge on any atom is 0.402 e. The van der Waals surface area contributed by atoms with Gasteiger partial charge < -0.3 is 9.30 Å². The molecule has 2 rings (SSSR count). The first-order valence-electron chi connectivity index (χ1n) is 5.98. The average Bonchev–Trinajstić information content (AvgIpc) is 2.60. The number of ether oxygens (including phenoxy) is 1. The second-order valence-corrected chi connectivity index (χ2v) is 10.3. The van der Waals surface area contributed by atoms with Gasteiger partial charge in [-0.3, -0.25) is 0 Å². The molecule has 1 atom stereocenters. The summed E-state index contributed by atoms with van der Waals surface area (Å²) in [5.41, 5.74) is 1.26. The highest BCUT2D eigenvalue weighted by molar-refractivity contribution is 6.75. The molecule has 0 aliphatic carbocycles. The summed E-state index contributed by atoms with van der Waals surface area (Å²) in [5.74, 6) is 0. The lowest BCUT2D eigenvalue weighted by Gasteiger charge is -2.32. The van der Waals surface area contributed by atoms with Crippen LogP contribution in [0.25, 0.3) is 0 Å². The van der Waals surface area contributed by atoms with Crippen molar-refractivity contribution in [3.63, 3.8) is 0 Å². The summed E-state index contributed by atoms with van der Waals surface area (Å²) >= 11 is 0. The lowest BCUT2D eigenvalue weighted by molar-refractivity contribution is 0.169. The van der Waals surface area contributed by atoms with Crippen LogP contribution in [0.1, 0.15) is 5.56 Å². The number of amides is 1. The molecule has 92 valence electrons. The molecule has 1 amide bonds. The van der Waals surface area contributed by atoms with E-state index in [2.05, 4.69) is 31.8 Å². The molecule has 1 aliphatic rings. The first-order chi connectivity index (χ1) is 7.98. The summed E-state index contributed by atoms with van der Waals surface area (Å²) in [6, 6.07) is 10.5. The van der Waals surface area contributed by atoms with Crippen LogP contribution in [0.3, 0.4) is 0 Å². The number of hydrogen-bond donors (Lipinski definition) is 0. The summed E-state index contributed by atoms with van der Waals surface area (Å²) in [6.45, 7) is 7.06. The number of carbonyl (C=O) groups is 1. The second-order valence-electron chi connectivity index (χ2n) is 5.46. The third-order valence-electron chi connectivity index (χ3n) is 3.00. The molecule has 1 aliphatic heterocycles. The first-order valence-corrected chi connectivity index (χ1v) is 9.43. The van der Waals surface area contributed by atoms with Gasteiger partial charge in [0.15, 0.2) is 8.24 Å². The van der Waals surface area contributed by atoms with Crippen LogP contribution in [-0.4, -0.2) is 31.5 Å². The predicted octanol–water partition coefficient (Wildman–Crippen LogP) is 2.88. The standard InChI is InChI=1S/C13H19NO2Si/c1-17(2,3)14-12(10-16-13(14)15)9-11-7-5-4-6-8-11/h4-8,12H,9-10H2,1-3H3/t12-/m0/s1. The van der Waals surface area contributed by atoms with Crippen molar-refractivity contribution in [2.75, 3.05) is 6.61 Å². The number of benzene rings is 1. The lowest BCUT2D eigenvalue weighted by Crippen LogP contribution is -2.51. The van der Waals surface area contributed by atoms with Gasteiger partial charge in [-0.15, -0.1) is 0 Å². The Morgan fingerprint density at radius 2 is 1.94 bits per heavy atom. The van der Waals surface area contributed by atoms with Crippen LogP contribution in [0.4, 0.5) is 4.79 Å². The third kappa shape index (κ3) is 2.69. The quantitative estimate of drug-likeness (QED) is 0.771. The molecule has 0 radical (unpaired) electrons. The highest BCUT2D eigenvalue weighted by Gasteiger charge is 2.40. The molecule has 1 aromatic rings. The second kappa shape index (κ2) is 4.53. The van der Waals surface area contributed by atoms with Crippen molar-refractivity contribution in [1.29, 1.82) is 0 Å². The third-order valence-corrected chi connectivity index (χ3v) is 4.99. The van der Waals surface area contributed by atoms with Crippen LogP contribution in [0.5, 0.6) is 0 Å². The van der Waals surface area contributed by atoms with Crippen LogP contribution < -0.4 is 0 Å². The Balaban J connectivity index is 2.13. The molecular weight excluding hydrogens is 230 g/mol. The molecule has 1 fully saturated rings. The van der Waals surface area contributed by atoms with E-state index in [-0.39, 0.29) is 12.1 Å². The van der Waals surface area contributed by atoms with Gasteiger partial charge in [0.1, 0.15) is 6.61 Å². The summed E-state index contributed by atoms with van der Waals surface area (Å²) in [6.07, 6.45) is 0.752. The fourth-order valence-electron chi connectivity index (χ4n) is 2.32. The fourth-order valence-corrected chi connectivity index (χ4v) is 4.19. The molecule has 0 aromatic heterocycles. The fraction of sp³-hybridized carbons (Fsp3) is 0.462.